The van der Waals surface area contributed by atoms with Crippen LogP contribution in [-0.2, 0) is 4.79 Å². The van der Waals surface area contributed by atoms with E-state index in [1.165, 1.54) is 24.8 Å². The van der Waals surface area contributed by atoms with Gasteiger partial charge in [-0.05, 0) is 49.2 Å². The van der Waals surface area contributed by atoms with E-state index in [9.17, 15) is 4.79 Å². The molecular weight excluding hydrogens is 555 g/mol. The molecule has 1 N–H and O–H groups in total. The van der Waals surface area contributed by atoms with Crippen molar-refractivity contribution in [3.63, 3.8) is 0 Å². The number of anilines is 2. The van der Waals surface area contributed by atoms with Gasteiger partial charge in [0.2, 0.25) is 5.91 Å². The van der Waals surface area contributed by atoms with Crippen molar-refractivity contribution >= 4 is 57.5 Å². The number of halogens is 2. The van der Waals surface area contributed by atoms with Crippen LogP contribution in [0.25, 0.3) is 16.7 Å². The molecule has 1 saturated heterocycles. The number of carbonyl (C=O) groups is 1. The number of fused-ring (bicyclic) bond motifs is 2. The fourth-order valence-corrected chi connectivity index (χ4v) is 5.68. The summed E-state index contributed by atoms with van der Waals surface area (Å²) in [5.41, 5.74) is 1.82. The lowest BCUT2D eigenvalue weighted by Gasteiger charge is -2.30. The number of aromatic nitrogens is 6. The Hall–Kier alpha value is -4.29. The largest absolute Gasteiger partial charge is 0.455 e. The predicted octanol–water partition coefficient (Wildman–Crippen LogP) is 5.67. The van der Waals surface area contributed by atoms with Crippen LogP contribution in [0.3, 0.4) is 0 Å². The maximum atomic E-state index is 15.4. The van der Waals surface area contributed by atoms with Crippen molar-refractivity contribution in [3.8, 4) is 11.5 Å². The van der Waals surface area contributed by atoms with E-state index in [1.807, 2.05) is 12.1 Å². The van der Waals surface area contributed by atoms with Crippen LogP contribution in [-0.4, -0.2) is 58.7 Å². The first kappa shape index (κ1) is 26.0. The quantitative estimate of drug-likeness (QED) is 0.245. The summed E-state index contributed by atoms with van der Waals surface area (Å²) in [6.07, 6.45) is 7.56. The average molecular weight is 577 g/mol. The lowest BCUT2D eigenvalue weighted by atomic mass is 10.1. The van der Waals surface area contributed by atoms with Gasteiger partial charge in [-0.1, -0.05) is 18.2 Å². The summed E-state index contributed by atoms with van der Waals surface area (Å²) >= 11 is 7.99. The van der Waals surface area contributed by atoms with Gasteiger partial charge in [-0.25, -0.2) is 28.8 Å². The van der Waals surface area contributed by atoms with Gasteiger partial charge in [0.1, 0.15) is 34.7 Å². The monoisotopic (exact) mass is 576 g/mol. The van der Waals surface area contributed by atoms with Gasteiger partial charge >= 0.3 is 0 Å². The average Bonchev–Trinajstić information content (AvgIpc) is 3.45. The number of nitrogens with zero attached hydrogens (tertiary/aromatic N) is 7. The van der Waals surface area contributed by atoms with Crippen LogP contribution >= 0.6 is 23.4 Å². The zero-order chi connectivity index (χ0) is 27.6. The molecule has 202 valence electrons. The fraction of sp³-hybridized carbons (Fsp3) is 0.185. The second-order valence-corrected chi connectivity index (χ2v) is 10.7. The van der Waals surface area contributed by atoms with Crippen LogP contribution in [0.5, 0.6) is 11.5 Å². The molecule has 0 radical (unpaired) electrons. The van der Waals surface area contributed by atoms with Gasteiger partial charge in [0.25, 0.3) is 0 Å². The SMILES string of the molecule is C=CC(=O)N1CCC(Sc2ccc3ncnc(Nc4ccc(Oc5ccn6ncnc6c5)c(Cl)c4F)c3n2)CC1. The van der Waals surface area contributed by atoms with E-state index in [-0.39, 0.29) is 22.4 Å². The number of piperidine rings is 1. The van der Waals surface area contributed by atoms with Crippen LogP contribution in [0.15, 0.2) is 72.9 Å². The highest BCUT2D eigenvalue weighted by molar-refractivity contribution is 7.99. The Morgan fingerprint density at radius 1 is 1.15 bits per heavy atom. The molecule has 1 fully saturated rings. The van der Waals surface area contributed by atoms with E-state index >= 15 is 4.39 Å². The number of thioether (sulfide) groups is 1. The van der Waals surface area contributed by atoms with Crippen LogP contribution in [0.1, 0.15) is 12.8 Å². The van der Waals surface area contributed by atoms with Crippen molar-refractivity contribution < 1.29 is 13.9 Å². The topological polar surface area (TPSA) is 110 Å². The molecule has 40 heavy (non-hydrogen) atoms. The van der Waals surface area contributed by atoms with Crippen molar-refractivity contribution in [1.29, 1.82) is 0 Å². The molecule has 0 unspecified atom stereocenters. The smallest absolute Gasteiger partial charge is 0.245 e. The number of hydrogen-bond donors (Lipinski definition) is 1. The second-order valence-electron chi connectivity index (χ2n) is 8.98. The van der Waals surface area contributed by atoms with Crippen LogP contribution < -0.4 is 10.1 Å². The van der Waals surface area contributed by atoms with E-state index in [2.05, 4.69) is 31.9 Å². The van der Waals surface area contributed by atoms with Gasteiger partial charge in [-0.2, -0.15) is 5.10 Å². The molecule has 1 aliphatic heterocycles. The van der Waals surface area contributed by atoms with Crippen molar-refractivity contribution in [1.82, 2.24) is 34.4 Å². The Kier molecular flexibility index (Phi) is 7.18. The summed E-state index contributed by atoms with van der Waals surface area (Å²) < 4.78 is 22.7. The number of benzene rings is 1. The van der Waals surface area contributed by atoms with Crippen molar-refractivity contribution in [3.05, 3.63) is 78.7 Å². The minimum absolute atomic E-state index is 0.0412. The maximum Gasteiger partial charge on any atom is 0.245 e. The molecule has 1 aliphatic rings. The van der Waals surface area contributed by atoms with Gasteiger partial charge < -0.3 is 15.0 Å². The van der Waals surface area contributed by atoms with Gasteiger partial charge in [-0.3, -0.25) is 4.79 Å². The Balaban J connectivity index is 1.20. The summed E-state index contributed by atoms with van der Waals surface area (Å²) in [4.78, 5) is 31.2. The second kappa shape index (κ2) is 11.1. The standard InChI is InChI=1S/C27H22ClFN8O2S/c1-2-23(38)36-10-8-17(9-11-36)40-22-6-4-19-26(35-22)27(32-14-30-19)34-18-3-5-20(24(28)25(18)29)39-16-7-12-37-21(13-16)31-15-33-37/h2-7,12-15,17H,1,8-11H2,(H,30,32,34). The summed E-state index contributed by atoms with van der Waals surface area (Å²) in [5, 5.41) is 7.98. The zero-order valence-corrected chi connectivity index (χ0v) is 22.6. The number of pyridine rings is 2. The first-order valence-electron chi connectivity index (χ1n) is 12.4. The van der Waals surface area contributed by atoms with Crippen LogP contribution in [0.2, 0.25) is 5.02 Å². The van der Waals surface area contributed by atoms with Crippen LogP contribution in [0.4, 0.5) is 15.9 Å². The van der Waals surface area contributed by atoms with Crippen LogP contribution in [0, 0.1) is 5.82 Å². The predicted molar refractivity (Wildman–Crippen MR) is 151 cm³/mol. The molecule has 4 aromatic heterocycles. The first-order valence-corrected chi connectivity index (χ1v) is 13.7. The highest BCUT2D eigenvalue weighted by Crippen LogP contribution is 2.37. The molecule has 5 aromatic rings. The number of carbonyl (C=O) groups excluding carboxylic acids is 1. The number of nitrogens with one attached hydrogen (secondary N) is 1. The van der Waals surface area contributed by atoms with Gasteiger partial charge in [-0.15, -0.1) is 11.8 Å². The van der Waals surface area contributed by atoms with E-state index in [0.29, 0.717) is 46.6 Å². The number of amides is 1. The van der Waals surface area contributed by atoms with Crippen molar-refractivity contribution in [2.75, 3.05) is 18.4 Å². The molecule has 0 spiro atoms. The number of ether oxygens (including phenoxy) is 1. The minimum Gasteiger partial charge on any atom is -0.455 e. The van der Waals surface area contributed by atoms with Gasteiger partial charge in [0.15, 0.2) is 17.3 Å². The molecule has 0 aliphatic carbocycles. The Labute approximate surface area is 237 Å². The summed E-state index contributed by atoms with van der Waals surface area (Å²) in [5.74, 6) is 0.205. The van der Waals surface area contributed by atoms with E-state index in [0.717, 1.165) is 17.9 Å². The van der Waals surface area contributed by atoms with E-state index in [4.69, 9.17) is 21.3 Å². The maximum absolute atomic E-state index is 15.4. The molecule has 1 amide bonds. The molecule has 13 heteroatoms. The van der Waals surface area contributed by atoms with Gasteiger partial charge in [0.05, 0.1) is 16.2 Å². The number of likely N-dealkylation sites (tertiary alicyclic amines) is 1. The summed E-state index contributed by atoms with van der Waals surface area (Å²) in [6, 6.07) is 10.2. The molecule has 10 nitrogen and oxygen atoms in total. The molecule has 5 heterocycles. The van der Waals surface area contributed by atoms with Crippen molar-refractivity contribution in [2.45, 2.75) is 23.1 Å². The Bertz CT molecular complexity index is 1740. The highest BCUT2D eigenvalue weighted by Gasteiger charge is 2.23. The number of hydrogen-bond acceptors (Lipinski definition) is 9. The molecular formula is C27H22ClFN8O2S. The van der Waals surface area contributed by atoms with E-state index < -0.39 is 5.82 Å². The fourth-order valence-electron chi connectivity index (χ4n) is 4.39. The number of rotatable bonds is 7. The highest BCUT2D eigenvalue weighted by atomic mass is 35.5. The lowest BCUT2D eigenvalue weighted by molar-refractivity contribution is -0.126. The first-order chi connectivity index (χ1) is 19.5. The molecule has 0 bridgehead atoms. The molecule has 0 atom stereocenters. The lowest BCUT2D eigenvalue weighted by Crippen LogP contribution is -2.38. The molecule has 0 saturated carbocycles. The summed E-state index contributed by atoms with van der Waals surface area (Å²) in [6.45, 7) is 4.93. The molecule has 6 rings (SSSR count). The zero-order valence-electron chi connectivity index (χ0n) is 21.0. The normalized spacial score (nSPS) is 14.0. The Morgan fingerprint density at radius 3 is 2.83 bits per heavy atom. The Morgan fingerprint density at radius 2 is 2.00 bits per heavy atom. The molecule has 1 aromatic carbocycles. The third-order valence-corrected chi connectivity index (χ3v) is 8.08. The van der Waals surface area contributed by atoms with Gasteiger partial charge in [0, 0.05) is 30.6 Å². The summed E-state index contributed by atoms with van der Waals surface area (Å²) in [7, 11) is 0. The third kappa shape index (κ3) is 5.27. The minimum atomic E-state index is -0.694. The third-order valence-electron chi connectivity index (χ3n) is 6.45. The van der Waals surface area contributed by atoms with E-state index in [1.54, 1.807) is 45.6 Å². The van der Waals surface area contributed by atoms with Crippen molar-refractivity contribution in [2.24, 2.45) is 0 Å².